The molecule has 0 saturated carbocycles. The Balaban J connectivity index is 2.95. The molecule has 0 aromatic heterocycles. The van der Waals surface area contributed by atoms with Gasteiger partial charge in [-0.25, -0.2) is 0 Å². The van der Waals surface area contributed by atoms with Gasteiger partial charge in [0, 0.05) is 22.1 Å². The Morgan fingerprint density at radius 1 is 1.21 bits per heavy atom. The van der Waals surface area contributed by atoms with Crippen LogP contribution in [0.2, 0.25) is 0 Å². The molecule has 1 N–H and O–H groups in total. The first-order chi connectivity index (χ1) is 9.01. The third kappa shape index (κ3) is 4.32. The highest BCUT2D eigenvalue weighted by Gasteiger charge is 2.25. The average molecular weight is 283 g/mol. The minimum Gasteiger partial charge on any atom is -0.497 e. The quantitative estimate of drug-likeness (QED) is 0.836. The molecular weight excluding hydrogens is 258 g/mol. The van der Waals surface area contributed by atoms with E-state index in [9.17, 15) is 4.21 Å². The van der Waals surface area contributed by atoms with Crippen molar-refractivity contribution in [3.8, 4) is 5.75 Å². The van der Waals surface area contributed by atoms with Crippen LogP contribution in [0.5, 0.6) is 5.75 Å². The van der Waals surface area contributed by atoms with Crippen molar-refractivity contribution in [2.24, 2.45) is 0 Å². The van der Waals surface area contributed by atoms with Gasteiger partial charge in [-0.1, -0.05) is 32.9 Å². The Labute approximate surface area is 119 Å². The molecular formula is C15H25NO2S. The summed E-state index contributed by atoms with van der Waals surface area (Å²) in [6, 6.07) is 8.09. The molecule has 3 unspecified atom stereocenters. The molecule has 108 valence electrons. The Hall–Kier alpha value is -0.870. The summed E-state index contributed by atoms with van der Waals surface area (Å²) < 4.78 is 17.5. The van der Waals surface area contributed by atoms with E-state index in [0.29, 0.717) is 0 Å². The number of methoxy groups -OCH3 is 1. The Bertz CT molecular complexity index is 403. The van der Waals surface area contributed by atoms with Gasteiger partial charge < -0.3 is 10.1 Å². The summed E-state index contributed by atoms with van der Waals surface area (Å²) in [6.45, 7) is 8.98. The molecule has 3 nitrogen and oxygen atoms in total. The summed E-state index contributed by atoms with van der Waals surface area (Å²) in [7, 11) is 0.811. The molecule has 1 aromatic rings. The molecule has 0 aliphatic carbocycles. The van der Waals surface area contributed by atoms with Gasteiger partial charge in [0.1, 0.15) is 5.75 Å². The number of nitrogens with one attached hydrogen (secondary N) is 1. The molecule has 4 heteroatoms. The van der Waals surface area contributed by atoms with Crippen LogP contribution < -0.4 is 10.1 Å². The summed E-state index contributed by atoms with van der Waals surface area (Å²) >= 11 is 0. The van der Waals surface area contributed by atoms with E-state index in [1.165, 1.54) is 0 Å². The fourth-order valence-electron chi connectivity index (χ4n) is 2.15. The summed E-state index contributed by atoms with van der Waals surface area (Å²) in [4.78, 5) is 0. The van der Waals surface area contributed by atoms with Crippen molar-refractivity contribution >= 4 is 10.8 Å². The van der Waals surface area contributed by atoms with Gasteiger partial charge in [0.05, 0.1) is 12.4 Å². The fourth-order valence-corrected chi connectivity index (χ4v) is 3.53. The smallest absolute Gasteiger partial charge is 0.118 e. The third-order valence-corrected chi connectivity index (χ3v) is 5.13. The van der Waals surface area contributed by atoms with Crippen LogP contribution in [0.4, 0.5) is 0 Å². The molecule has 0 aliphatic heterocycles. The van der Waals surface area contributed by atoms with Crippen molar-refractivity contribution in [2.75, 3.05) is 13.7 Å². The van der Waals surface area contributed by atoms with Crippen molar-refractivity contribution in [3.63, 3.8) is 0 Å². The standard InChI is InChI=1S/C15H25NO2S/c1-6-16-15(12(4)19(17)11(2)3)13-7-9-14(18-5)10-8-13/h7-12,15-16H,6H2,1-5H3. The molecule has 0 radical (unpaired) electrons. The van der Waals surface area contributed by atoms with Crippen LogP contribution in [0.15, 0.2) is 24.3 Å². The molecule has 3 atom stereocenters. The third-order valence-electron chi connectivity index (χ3n) is 3.20. The number of ether oxygens (including phenoxy) is 1. The summed E-state index contributed by atoms with van der Waals surface area (Å²) in [5, 5.41) is 3.69. The monoisotopic (exact) mass is 283 g/mol. The normalized spacial score (nSPS) is 16.1. The zero-order valence-electron chi connectivity index (χ0n) is 12.5. The first kappa shape index (κ1) is 16.2. The molecule has 0 bridgehead atoms. The minimum atomic E-state index is -0.849. The number of rotatable bonds is 7. The highest BCUT2D eigenvalue weighted by molar-refractivity contribution is 7.86. The molecule has 0 spiro atoms. The van der Waals surface area contributed by atoms with Crippen LogP contribution in [0, 0.1) is 0 Å². The van der Waals surface area contributed by atoms with E-state index in [2.05, 4.69) is 12.2 Å². The van der Waals surface area contributed by atoms with Crippen LogP contribution in [-0.2, 0) is 10.8 Å². The number of hydrogen-bond acceptors (Lipinski definition) is 3. The molecule has 0 saturated heterocycles. The molecule has 1 rings (SSSR count). The first-order valence-electron chi connectivity index (χ1n) is 6.78. The Morgan fingerprint density at radius 3 is 2.21 bits per heavy atom. The highest BCUT2D eigenvalue weighted by atomic mass is 32.2. The SMILES string of the molecule is CCNC(c1ccc(OC)cc1)C(C)S(=O)C(C)C. The average Bonchev–Trinajstić information content (AvgIpc) is 2.43. The van der Waals surface area contributed by atoms with E-state index < -0.39 is 10.8 Å². The summed E-state index contributed by atoms with van der Waals surface area (Å²) in [5.41, 5.74) is 1.16. The van der Waals surface area contributed by atoms with E-state index in [-0.39, 0.29) is 16.5 Å². The lowest BCUT2D eigenvalue weighted by Crippen LogP contribution is -2.35. The second-order valence-corrected chi connectivity index (χ2v) is 7.23. The van der Waals surface area contributed by atoms with Gasteiger partial charge >= 0.3 is 0 Å². The lowest BCUT2D eigenvalue weighted by Gasteiger charge is -2.26. The van der Waals surface area contributed by atoms with Gasteiger partial charge in [0.2, 0.25) is 0 Å². The zero-order chi connectivity index (χ0) is 14.4. The second-order valence-electron chi connectivity index (χ2n) is 4.89. The van der Waals surface area contributed by atoms with Crippen molar-refractivity contribution in [1.29, 1.82) is 0 Å². The minimum absolute atomic E-state index is 0.0772. The van der Waals surface area contributed by atoms with Crippen molar-refractivity contribution in [1.82, 2.24) is 5.32 Å². The molecule has 0 aliphatic rings. The van der Waals surface area contributed by atoms with Crippen LogP contribution in [-0.4, -0.2) is 28.4 Å². The maximum Gasteiger partial charge on any atom is 0.118 e. The van der Waals surface area contributed by atoms with Gasteiger partial charge in [-0.05, 0) is 31.2 Å². The van der Waals surface area contributed by atoms with E-state index in [1.54, 1.807) is 7.11 Å². The molecule has 1 aromatic carbocycles. The zero-order valence-corrected chi connectivity index (χ0v) is 13.3. The lowest BCUT2D eigenvalue weighted by atomic mass is 10.0. The van der Waals surface area contributed by atoms with E-state index in [0.717, 1.165) is 17.9 Å². The van der Waals surface area contributed by atoms with E-state index in [1.807, 2.05) is 45.0 Å². The van der Waals surface area contributed by atoms with E-state index in [4.69, 9.17) is 4.74 Å². The van der Waals surface area contributed by atoms with E-state index >= 15 is 0 Å². The van der Waals surface area contributed by atoms with Crippen LogP contribution >= 0.6 is 0 Å². The largest absolute Gasteiger partial charge is 0.497 e. The van der Waals surface area contributed by atoms with Gasteiger partial charge in [-0.3, -0.25) is 4.21 Å². The van der Waals surface area contributed by atoms with Gasteiger partial charge in [-0.2, -0.15) is 0 Å². The first-order valence-corrected chi connectivity index (χ1v) is 8.05. The maximum atomic E-state index is 12.3. The van der Waals surface area contributed by atoms with Crippen LogP contribution in [0.3, 0.4) is 0 Å². The molecule has 0 fully saturated rings. The summed E-state index contributed by atoms with van der Waals surface area (Å²) in [5.74, 6) is 0.844. The highest BCUT2D eigenvalue weighted by Crippen LogP contribution is 2.24. The number of benzene rings is 1. The van der Waals surface area contributed by atoms with Crippen molar-refractivity contribution in [3.05, 3.63) is 29.8 Å². The predicted octanol–water partition coefficient (Wildman–Crippen LogP) is 2.89. The maximum absolute atomic E-state index is 12.3. The van der Waals surface area contributed by atoms with Crippen LogP contribution in [0.1, 0.15) is 39.3 Å². The molecule has 0 heterocycles. The topological polar surface area (TPSA) is 38.3 Å². The second kappa shape index (κ2) is 7.65. The molecule has 0 amide bonds. The summed E-state index contributed by atoms with van der Waals surface area (Å²) in [6.07, 6.45) is 0. The Kier molecular flexibility index (Phi) is 6.52. The number of hydrogen-bond donors (Lipinski definition) is 1. The predicted molar refractivity (Wildman–Crippen MR) is 82.2 cm³/mol. The molecule has 19 heavy (non-hydrogen) atoms. The van der Waals surface area contributed by atoms with Crippen molar-refractivity contribution in [2.45, 2.75) is 44.2 Å². The van der Waals surface area contributed by atoms with Gasteiger partial charge in [0.15, 0.2) is 0 Å². The van der Waals surface area contributed by atoms with Gasteiger partial charge in [0.25, 0.3) is 0 Å². The van der Waals surface area contributed by atoms with Crippen molar-refractivity contribution < 1.29 is 8.95 Å². The van der Waals surface area contributed by atoms with Gasteiger partial charge in [-0.15, -0.1) is 0 Å². The lowest BCUT2D eigenvalue weighted by molar-refractivity contribution is 0.414. The van der Waals surface area contributed by atoms with Crippen LogP contribution in [0.25, 0.3) is 0 Å². The Morgan fingerprint density at radius 2 is 1.79 bits per heavy atom. The fraction of sp³-hybridized carbons (Fsp3) is 0.600.